The number of sulfonamides is 1. The third kappa shape index (κ3) is 3.69. The van der Waals surface area contributed by atoms with E-state index in [1.807, 2.05) is 30.3 Å². The molecule has 1 saturated heterocycles. The minimum atomic E-state index is -3.24. The Labute approximate surface area is 101 Å². The van der Waals surface area contributed by atoms with Crippen molar-refractivity contribution in [2.24, 2.45) is 0 Å². The van der Waals surface area contributed by atoms with Crippen molar-refractivity contribution in [1.82, 2.24) is 4.72 Å². The molecule has 0 radical (unpaired) electrons. The molecule has 0 amide bonds. The molecule has 17 heavy (non-hydrogen) atoms. The number of nitrogens with one attached hydrogen (secondary N) is 1. The fourth-order valence-electron chi connectivity index (χ4n) is 1.71. The summed E-state index contributed by atoms with van der Waals surface area (Å²) in [4.78, 5) is 0. The lowest BCUT2D eigenvalue weighted by Crippen LogP contribution is -2.44. The maximum atomic E-state index is 11.2. The Kier molecular flexibility index (Phi) is 3.66. The van der Waals surface area contributed by atoms with E-state index in [4.69, 9.17) is 9.47 Å². The maximum absolute atomic E-state index is 11.2. The summed E-state index contributed by atoms with van der Waals surface area (Å²) in [5, 5.41) is 0. The Balaban J connectivity index is 2.01. The van der Waals surface area contributed by atoms with Crippen molar-refractivity contribution in [2.45, 2.75) is 12.1 Å². The molecule has 1 aromatic carbocycles. The summed E-state index contributed by atoms with van der Waals surface area (Å²) in [7, 11) is -3.24. The lowest BCUT2D eigenvalue weighted by molar-refractivity contribution is 0.140. The highest BCUT2D eigenvalue weighted by molar-refractivity contribution is 7.88. The molecule has 0 unspecified atom stereocenters. The summed E-state index contributed by atoms with van der Waals surface area (Å²) in [5.74, 6) is 0.711. The fourth-order valence-corrected chi connectivity index (χ4v) is 2.48. The Morgan fingerprint density at radius 2 is 2.00 bits per heavy atom. The number of hydrogen-bond donors (Lipinski definition) is 1. The first-order valence-electron chi connectivity index (χ1n) is 5.31. The van der Waals surface area contributed by atoms with E-state index >= 15 is 0 Å². The summed E-state index contributed by atoms with van der Waals surface area (Å²) in [5.41, 5.74) is 0. The molecule has 5 nitrogen and oxygen atoms in total. The van der Waals surface area contributed by atoms with E-state index in [0.29, 0.717) is 19.0 Å². The summed E-state index contributed by atoms with van der Waals surface area (Å²) < 4.78 is 35.8. The van der Waals surface area contributed by atoms with Gasteiger partial charge < -0.3 is 9.47 Å². The Hall–Kier alpha value is -1.11. The summed E-state index contributed by atoms with van der Waals surface area (Å²) in [6, 6.07) is 8.95. The van der Waals surface area contributed by atoms with E-state index in [1.54, 1.807) is 0 Å². The van der Waals surface area contributed by atoms with Crippen molar-refractivity contribution in [3.63, 3.8) is 0 Å². The largest absolute Gasteiger partial charge is 0.486 e. The average molecular weight is 257 g/mol. The van der Waals surface area contributed by atoms with Crippen LogP contribution in [0.5, 0.6) is 5.75 Å². The van der Waals surface area contributed by atoms with Gasteiger partial charge in [-0.2, -0.15) is 0 Å². The van der Waals surface area contributed by atoms with E-state index in [0.717, 1.165) is 6.26 Å². The van der Waals surface area contributed by atoms with Gasteiger partial charge in [0, 0.05) is 0 Å². The Morgan fingerprint density at radius 1 is 1.29 bits per heavy atom. The van der Waals surface area contributed by atoms with Gasteiger partial charge in [0.15, 0.2) is 0 Å². The highest BCUT2D eigenvalue weighted by atomic mass is 32.2. The molecule has 1 heterocycles. The molecule has 0 aliphatic carbocycles. The van der Waals surface area contributed by atoms with Gasteiger partial charge in [-0.1, -0.05) is 18.2 Å². The molecule has 1 aliphatic heterocycles. The molecular formula is C11H15NO4S. The number of ether oxygens (including phenoxy) is 2. The molecule has 0 saturated carbocycles. The van der Waals surface area contributed by atoms with Gasteiger partial charge in [0.2, 0.25) is 10.0 Å². The zero-order chi connectivity index (χ0) is 12.3. The van der Waals surface area contributed by atoms with Crippen LogP contribution in [0.1, 0.15) is 0 Å². The molecule has 0 aromatic heterocycles. The SMILES string of the molecule is CS(=O)(=O)N[C@@H]1COC[C@@H]1Oc1ccccc1. The second-order valence-electron chi connectivity index (χ2n) is 4.00. The molecule has 2 atom stereocenters. The van der Waals surface area contributed by atoms with E-state index < -0.39 is 10.0 Å². The quantitative estimate of drug-likeness (QED) is 0.847. The molecular weight excluding hydrogens is 242 g/mol. The first kappa shape index (κ1) is 12.3. The standard InChI is InChI=1S/C11H15NO4S/c1-17(13,14)12-10-7-15-8-11(10)16-9-5-3-2-4-6-9/h2-6,10-12H,7-8H2,1H3/t10-,11+/m1/s1. The second-order valence-corrected chi connectivity index (χ2v) is 5.78. The van der Waals surface area contributed by atoms with Crippen LogP contribution in [0.3, 0.4) is 0 Å². The molecule has 1 aromatic rings. The van der Waals surface area contributed by atoms with Gasteiger partial charge in [0.25, 0.3) is 0 Å². The third-order valence-corrected chi connectivity index (χ3v) is 3.16. The lowest BCUT2D eigenvalue weighted by Gasteiger charge is -2.19. The summed E-state index contributed by atoms with van der Waals surface area (Å²) in [6.45, 7) is 0.729. The monoisotopic (exact) mass is 257 g/mol. The predicted molar refractivity (Wildman–Crippen MR) is 63.4 cm³/mol. The average Bonchev–Trinajstić information content (AvgIpc) is 2.65. The van der Waals surface area contributed by atoms with Crippen LogP contribution in [-0.2, 0) is 14.8 Å². The zero-order valence-electron chi connectivity index (χ0n) is 9.50. The molecule has 94 valence electrons. The number of rotatable bonds is 4. The third-order valence-electron chi connectivity index (χ3n) is 2.42. The van der Waals surface area contributed by atoms with Gasteiger partial charge in [-0.05, 0) is 12.1 Å². The topological polar surface area (TPSA) is 64.6 Å². The van der Waals surface area contributed by atoms with Gasteiger partial charge in [-0.25, -0.2) is 13.1 Å². The Morgan fingerprint density at radius 3 is 2.65 bits per heavy atom. The van der Waals surface area contributed by atoms with Gasteiger partial charge in [0.1, 0.15) is 11.9 Å². The van der Waals surface area contributed by atoms with Gasteiger partial charge in [0.05, 0.1) is 25.5 Å². The second kappa shape index (κ2) is 5.03. The van der Waals surface area contributed by atoms with Crippen LogP contribution < -0.4 is 9.46 Å². The molecule has 2 rings (SSSR count). The number of hydrogen-bond acceptors (Lipinski definition) is 4. The molecule has 1 aliphatic rings. The first-order chi connectivity index (χ1) is 8.04. The van der Waals surface area contributed by atoms with E-state index in [-0.39, 0.29) is 12.1 Å². The highest BCUT2D eigenvalue weighted by Crippen LogP contribution is 2.16. The normalized spacial score (nSPS) is 24.8. The van der Waals surface area contributed by atoms with Crippen LogP contribution in [0.15, 0.2) is 30.3 Å². The predicted octanol–water partition coefficient (Wildman–Crippen LogP) is 0.382. The minimum absolute atomic E-state index is 0.285. The van der Waals surface area contributed by atoms with Gasteiger partial charge in [-0.15, -0.1) is 0 Å². The van der Waals surface area contributed by atoms with Gasteiger partial charge in [-0.3, -0.25) is 0 Å². The minimum Gasteiger partial charge on any atom is -0.486 e. The van der Waals surface area contributed by atoms with E-state index in [2.05, 4.69) is 4.72 Å². The van der Waals surface area contributed by atoms with Gasteiger partial charge >= 0.3 is 0 Å². The van der Waals surface area contributed by atoms with Crippen molar-refractivity contribution >= 4 is 10.0 Å². The van der Waals surface area contributed by atoms with Crippen LogP contribution >= 0.6 is 0 Å². The zero-order valence-corrected chi connectivity index (χ0v) is 10.3. The number of para-hydroxylation sites is 1. The number of benzene rings is 1. The van der Waals surface area contributed by atoms with Crippen LogP contribution in [0.25, 0.3) is 0 Å². The van der Waals surface area contributed by atoms with E-state index in [1.165, 1.54) is 0 Å². The van der Waals surface area contributed by atoms with Crippen LogP contribution in [0.2, 0.25) is 0 Å². The summed E-state index contributed by atoms with van der Waals surface area (Å²) in [6.07, 6.45) is 0.845. The van der Waals surface area contributed by atoms with Crippen molar-refractivity contribution in [1.29, 1.82) is 0 Å². The van der Waals surface area contributed by atoms with E-state index in [9.17, 15) is 8.42 Å². The summed E-state index contributed by atoms with van der Waals surface area (Å²) >= 11 is 0. The Bertz CT molecular complexity index is 460. The van der Waals surface area contributed by atoms with Crippen LogP contribution in [0.4, 0.5) is 0 Å². The van der Waals surface area contributed by atoms with Crippen molar-refractivity contribution in [3.8, 4) is 5.75 Å². The maximum Gasteiger partial charge on any atom is 0.209 e. The lowest BCUT2D eigenvalue weighted by atomic mass is 10.2. The molecule has 1 fully saturated rings. The fraction of sp³-hybridized carbons (Fsp3) is 0.455. The van der Waals surface area contributed by atoms with Crippen LogP contribution in [0, 0.1) is 0 Å². The van der Waals surface area contributed by atoms with Crippen molar-refractivity contribution in [3.05, 3.63) is 30.3 Å². The van der Waals surface area contributed by atoms with Crippen molar-refractivity contribution < 1.29 is 17.9 Å². The van der Waals surface area contributed by atoms with Crippen molar-refractivity contribution in [2.75, 3.05) is 19.5 Å². The highest BCUT2D eigenvalue weighted by Gasteiger charge is 2.32. The molecule has 1 N–H and O–H groups in total. The molecule has 0 bridgehead atoms. The van der Waals surface area contributed by atoms with Crippen LogP contribution in [-0.4, -0.2) is 40.0 Å². The first-order valence-corrected chi connectivity index (χ1v) is 7.20. The smallest absolute Gasteiger partial charge is 0.209 e. The molecule has 6 heteroatoms. The molecule has 0 spiro atoms.